The third kappa shape index (κ3) is 3.16. The van der Waals surface area contributed by atoms with E-state index in [4.69, 9.17) is 5.73 Å². The van der Waals surface area contributed by atoms with Crippen LogP contribution in [-0.2, 0) is 6.42 Å². The highest BCUT2D eigenvalue weighted by atomic mass is 19.2. The first-order chi connectivity index (χ1) is 9.08. The lowest BCUT2D eigenvalue weighted by atomic mass is 10.0. The molecule has 0 amide bonds. The summed E-state index contributed by atoms with van der Waals surface area (Å²) in [6, 6.07) is 10.7. The highest BCUT2D eigenvalue weighted by Gasteiger charge is 2.14. The third-order valence-electron chi connectivity index (χ3n) is 2.87. The van der Waals surface area contributed by atoms with Gasteiger partial charge >= 0.3 is 0 Å². The van der Waals surface area contributed by atoms with Crippen LogP contribution in [0.3, 0.4) is 0 Å². The molecule has 98 valence electrons. The number of ketones is 1. The maximum absolute atomic E-state index is 13.4. The molecule has 0 aliphatic heterocycles. The van der Waals surface area contributed by atoms with E-state index < -0.39 is 17.4 Å². The standard InChI is InChI=1S/C15H13F2NO/c16-13-3-1-2-12(15(13)17)14(19)9-6-10-4-7-11(18)8-5-10/h1-5,7-8H,6,9,18H2. The number of halogens is 2. The minimum Gasteiger partial charge on any atom is -0.399 e. The van der Waals surface area contributed by atoms with Crippen molar-refractivity contribution in [2.45, 2.75) is 12.8 Å². The first kappa shape index (κ1) is 13.2. The number of rotatable bonds is 4. The average molecular weight is 261 g/mol. The molecule has 0 spiro atoms. The van der Waals surface area contributed by atoms with Gasteiger partial charge in [0.15, 0.2) is 17.4 Å². The summed E-state index contributed by atoms with van der Waals surface area (Å²) in [4.78, 5) is 11.8. The van der Waals surface area contributed by atoms with Gasteiger partial charge in [-0.1, -0.05) is 18.2 Å². The van der Waals surface area contributed by atoms with Crippen molar-refractivity contribution in [1.82, 2.24) is 0 Å². The Balaban J connectivity index is 2.05. The molecule has 2 rings (SSSR count). The van der Waals surface area contributed by atoms with Crippen LogP contribution in [0.15, 0.2) is 42.5 Å². The topological polar surface area (TPSA) is 43.1 Å². The van der Waals surface area contributed by atoms with Crippen LogP contribution < -0.4 is 5.73 Å². The van der Waals surface area contributed by atoms with Gasteiger partial charge in [0.05, 0.1) is 5.56 Å². The van der Waals surface area contributed by atoms with Crippen molar-refractivity contribution in [2.75, 3.05) is 5.73 Å². The van der Waals surface area contributed by atoms with E-state index in [2.05, 4.69) is 0 Å². The van der Waals surface area contributed by atoms with Crippen LogP contribution >= 0.6 is 0 Å². The molecule has 0 bridgehead atoms. The summed E-state index contributed by atoms with van der Waals surface area (Å²) in [7, 11) is 0. The number of carbonyl (C=O) groups is 1. The molecule has 0 heterocycles. The van der Waals surface area contributed by atoms with Crippen LogP contribution in [0.2, 0.25) is 0 Å². The van der Waals surface area contributed by atoms with Crippen molar-refractivity contribution in [3.63, 3.8) is 0 Å². The molecule has 2 aromatic carbocycles. The molecule has 0 fully saturated rings. The normalized spacial score (nSPS) is 10.4. The molecule has 2 nitrogen and oxygen atoms in total. The molecule has 2 N–H and O–H groups in total. The van der Waals surface area contributed by atoms with Gasteiger partial charge in [0.1, 0.15) is 0 Å². The van der Waals surface area contributed by atoms with Crippen LogP contribution in [0, 0.1) is 11.6 Å². The van der Waals surface area contributed by atoms with E-state index in [9.17, 15) is 13.6 Å². The highest BCUT2D eigenvalue weighted by molar-refractivity contribution is 5.96. The lowest BCUT2D eigenvalue weighted by molar-refractivity contribution is 0.0978. The fourth-order valence-corrected chi connectivity index (χ4v) is 1.80. The van der Waals surface area contributed by atoms with Gasteiger partial charge in [-0.05, 0) is 36.2 Å². The Morgan fingerprint density at radius 1 is 1.05 bits per heavy atom. The van der Waals surface area contributed by atoms with Crippen molar-refractivity contribution < 1.29 is 13.6 Å². The quantitative estimate of drug-likeness (QED) is 0.677. The molecule has 0 saturated heterocycles. The van der Waals surface area contributed by atoms with E-state index in [-0.39, 0.29) is 12.0 Å². The summed E-state index contributed by atoms with van der Waals surface area (Å²) < 4.78 is 26.4. The molecule has 0 aromatic heterocycles. The van der Waals surface area contributed by atoms with Crippen molar-refractivity contribution in [1.29, 1.82) is 0 Å². The van der Waals surface area contributed by atoms with Crippen LogP contribution in [-0.4, -0.2) is 5.78 Å². The van der Waals surface area contributed by atoms with Crippen molar-refractivity contribution in [3.05, 3.63) is 65.2 Å². The van der Waals surface area contributed by atoms with Crippen LogP contribution in [0.4, 0.5) is 14.5 Å². The Bertz CT molecular complexity index is 594. The van der Waals surface area contributed by atoms with Gasteiger partial charge in [-0.15, -0.1) is 0 Å². The molecule has 0 atom stereocenters. The maximum Gasteiger partial charge on any atom is 0.169 e. The monoisotopic (exact) mass is 261 g/mol. The van der Waals surface area contributed by atoms with E-state index in [1.165, 1.54) is 12.1 Å². The fourth-order valence-electron chi connectivity index (χ4n) is 1.80. The molecule has 0 aliphatic carbocycles. The Hall–Kier alpha value is -2.23. The minimum absolute atomic E-state index is 0.129. The van der Waals surface area contributed by atoms with E-state index in [1.807, 2.05) is 12.1 Å². The second-order valence-electron chi connectivity index (χ2n) is 4.27. The van der Waals surface area contributed by atoms with E-state index >= 15 is 0 Å². The lowest BCUT2D eigenvalue weighted by Crippen LogP contribution is -2.05. The molecule has 2 aromatic rings. The molecule has 0 unspecified atom stereocenters. The fraction of sp³-hybridized carbons (Fsp3) is 0.133. The average Bonchev–Trinajstić information content (AvgIpc) is 2.41. The Kier molecular flexibility index (Phi) is 3.90. The second-order valence-corrected chi connectivity index (χ2v) is 4.27. The Labute approximate surface area is 109 Å². The molecular formula is C15H13F2NO. The summed E-state index contributed by atoms with van der Waals surface area (Å²) in [5.74, 6) is -2.49. The van der Waals surface area contributed by atoms with Gasteiger partial charge in [0.25, 0.3) is 0 Å². The zero-order valence-corrected chi connectivity index (χ0v) is 10.2. The molecular weight excluding hydrogens is 248 g/mol. The van der Waals surface area contributed by atoms with Crippen LogP contribution in [0.25, 0.3) is 0 Å². The van der Waals surface area contributed by atoms with E-state index in [0.29, 0.717) is 12.1 Å². The first-order valence-electron chi connectivity index (χ1n) is 5.89. The Morgan fingerprint density at radius 3 is 2.42 bits per heavy atom. The molecule has 19 heavy (non-hydrogen) atoms. The van der Waals surface area contributed by atoms with Crippen molar-refractivity contribution in [2.24, 2.45) is 0 Å². The minimum atomic E-state index is -1.08. The maximum atomic E-state index is 13.4. The summed E-state index contributed by atoms with van der Waals surface area (Å²) in [5, 5.41) is 0. The molecule has 0 saturated carbocycles. The lowest BCUT2D eigenvalue weighted by Gasteiger charge is -2.04. The molecule has 4 heteroatoms. The number of Topliss-reactive ketones (excluding diaryl/α,β-unsaturated/α-hetero) is 1. The van der Waals surface area contributed by atoms with Crippen LogP contribution in [0.1, 0.15) is 22.3 Å². The zero-order valence-electron chi connectivity index (χ0n) is 10.2. The van der Waals surface area contributed by atoms with Gasteiger partial charge in [-0.3, -0.25) is 4.79 Å². The number of hydrogen-bond acceptors (Lipinski definition) is 2. The number of aryl methyl sites for hydroxylation is 1. The summed E-state index contributed by atoms with van der Waals surface area (Å²) in [5.41, 5.74) is 6.93. The summed E-state index contributed by atoms with van der Waals surface area (Å²) in [6.07, 6.45) is 0.597. The number of carbonyl (C=O) groups excluding carboxylic acids is 1. The Morgan fingerprint density at radius 2 is 1.74 bits per heavy atom. The predicted molar refractivity (Wildman–Crippen MR) is 69.9 cm³/mol. The number of anilines is 1. The van der Waals surface area contributed by atoms with Gasteiger partial charge in [0.2, 0.25) is 0 Å². The highest BCUT2D eigenvalue weighted by Crippen LogP contribution is 2.15. The first-order valence-corrected chi connectivity index (χ1v) is 5.89. The largest absolute Gasteiger partial charge is 0.399 e. The second kappa shape index (κ2) is 5.61. The summed E-state index contributed by atoms with van der Waals surface area (Å²) in [6.45, 7) is 0. The van der Waals surface area contributed by atoms with Gasteiger partial charge < -0.3 is 5.73 Å². The smallest absolute Gasteiger partial charge is 0.169 e. The number of nitrogen functional groups attached to an aromatic ring is 1. The number of benzene rings is 2. The number of nitrogens with two attached hydrogens (primary N) is 1. The van der Waals surface area contributed by atoms with Crippen LogP contribution in [0.5, 0.6) is 0 Å². The van der Waals surface area contributed by atoms with E-state index in [0.717, 1.165) is 11.6 Å². The third-order valence-corrected chi connectivity index (χ3v) is 2.87. The van der Waals surface area contributed by atoms with Crippen molar-refractivity contribution >= 4 is 11.5 Å². The van der Waals surface area contributed by atoms with Gasteiger partial charge in [-0.2, -0.15) is 0 Å². The van der Waals surface area contributed by atoms with Gasteiger partial charge in [-0.25, -0.2) is 8.78 Å². The van der Waals surface area contributed by atoms with Crippen molar-refractivity contribution in [3.8, 4) is 0 Å². The SMILES string of the molecule is Nc1ccc(CCC(=O)c2cccc(F)c2F)cc1. The number of hydrogen-bond donors (Lipinski definition) is 1. The zero-order chi connectivity index (χ0) is 13.8. The predicted octanol–water partition coefficient (Wildman–Crippen LogP) is 3.36. The summed E-state index contributed by atoms with van der Waals surface area (Å²) >= 11 is 0. The van der Waals surface area contributed by atoms with E-state index in [1.54, 1.807) is 12.1 Å². The molecule has 0 radical (unpaired) electrons. The molecule has 0 aliphatic rings. The van der Waals surface area contributed by atoms with Gasteiger partial charge in [0, 0.05) is 12.1 Å².